The highest BCUT2D eigenvalue weighted by Gasteiger charge is 2.14. The molecule has 2 aromatic rings. The Morgan fingerprint density at radius 2 is 2.16 bits per heavy atom. The molecule has 0 saturated carbocycles. The van der Waals surface area contributed by atoms with Crippen molar-refractivity contribution < 1.29 is 12.8 Å². The summed E-state index contributed by atoms with van der Waals surface area (Å²) in [5.74, 6) is -0.521. The van der Waals surface area contributed by atoms with E-state index in [-0.39, 0.29) is 17.1 Å². The molecule has 2 rings (SSSR count). The van der Waals surface area contributed by atoms with Crippen LogP contribution in [0.2, 0.25) is 0 Å². The number of sulfone groups is 1. The first kappa shape index (κ1) is 14.2. The van der Waals surface area contributed by atoms with Crippen molar-refractivity contribution in [2.75, 3.05) is 6.26 Å². The molecule has 2 N–H and O–H groups in total. The van der Waals surface area contributed by atoms with E-state index in [4.69, 9.17) is 5.73 Å². The summed E-state index contributed by atoms with van der Waals surface area (Å²) in [6.45, 7) is 0.200. The van der Waals surface area contributed by atoms with Crippen LogP contribution in [0.1, 0.15) is 5.56 Å². The second-order valence-corrected chi connectivity index (χ2v) is 6.86. The summed E-state index contributed by atoms with van der Waals surface area (Å²) in [6.07, 6.45) is 3.51. The van der Waals surface area contributed by atoms with Crippen molar-refractivity contribution in [3.8, 4) is 5.69 Å². The SMILES string of the molecule is CS(=O)(=O)c1cnn(-c2cc(Br)c(CN)cc2F)c1. The van der Waals surface area contributed by atoms with Crippen molar-refractivity contribution in [3.63, 3.8) is 0 Å². The molecule has 0 radical (unpaired) electrons. The summed E-state index contributed by atoms with van der Waals surface area (Å²) in [5.41, 5.74) is 6.24. The Morgan fingerprint density at radius 1 is 1.47 bits per heavy atom. The van der Waals surface area contributed by atoms with Crippen molar-refractivity contribution in [3.05, 3.63) is 40.4 Å². The van der Waals surface area contributed by atoms with Crippen LogP contribution in [0.4, 0.5) is 4.39 Å². The van der Waals surface area contributed by atoms with E-state index in [2.05, 4.69) is 21.0 Å². The summed E-state index contributed by atoms with van der Waals surface area (Å²) >= 11 is 3.28. The summed E-state index contributed by atoms with van der Waals surface area (Å²) in [4.78, 5) is 0.0333. The second kappa shape index (κ2) is 5.03. The molecule has 1 heterocycles. The van der Waals surface area contributed by atoms with E-state index in [0.29, 0.717) is 10.0 Å². The number of benzene rings is 1. The van der Waals surface area contributed by atoms with Crippen LogP contribution in [0.15, 0.2) is 33.9 Å². The maximum atomic E-state index is 13.9. The van der Waals surface area contributed by atoms with Crippen molar-refractivity contribution >= 4 is 25.8 Å². The lowest BCUT2D eigenvalue weighted by molar-refractivity contribution is 0.600. The Balaban J connectivity index is 2.54. The molecule has 19 heavy (non-hydrogen) atoms. The first-order valence-corrected chi connectivity index (χ1v) is 7.94. The molecule has 0 spiro atoms. The average molecular weight is 348 g/mol. The van der Waals surface area contributed by atoms with E-state index < -0.39 is 15.7 Å². The van der Waals surface area contributed by atoms with Crippen molar-refractivity contribution in [1.82, 2.24) is 9.78 Å². The molecule has 1 aromatic heterocycles. The van der Waals surface area contributed by atoms with Gasteiger partial charge in [0.1, 0.15) is 16.4 Å². The maximum Gasteiger partial charge on any atom is 0.178 e. The molecule has 1 aromatic carbocycles. The minimum Gasteiger partial charge on any atom is -0.326 e. The summed E-state index contributed by atoms with van der Waals surface area (Å²) in [6, 6.07) is 2.80. The van der Waals surface area contributed by atoms with Gasteiger partial charge in [-0.05, 0) is 17.7 Å². The number of nitrogens with two attached hydrogens (primary N) is 1. The van der Waals surface area contributed by atoms with Crippen LogP contribution in [0, 0.1) is 5.82 Å². The van der Waals surface area contributed by atoms with Crippen LogP contribution in [0.5, 0.6) is 0 Å². The van der Waals surface area contributed by atoms with Crippen molar-refractivity contribution in [2.24, 2.45) is 5.73 Å². The Hall–Kier alpha value is -1.25. The highest BCUT2D eigenvalue weighted by Crippen LogP contribution is 2.24. The topological polar surface area (TPSA) is 78.0 Å². The summed E-state index contributed by atoms with van der Waals surface area (Å²) < 4.78 is 38.5. The molecular formula is C11H11BrFN3O2S. The largest absolute Gasteiger partial charge is 0.326 e. The zero-order valence-electron chi connectivity index (χ0n) is 9.97. The van der Waals surface area contributed by atoms with E-state index in [1.807, 2.05) is 0 Å². The zero-order chi connectivity index (χ0) is 14.2. The lowest BCUT2D eigenvalue weighted by atomic mass is 10.2. The molecule has 0 unspecified atom stereocenters. The minimum atomic E-state index is -3.36. The molecule has 8 heteroatoms. The molecule has 0 amide bonds. The second-order valence-electron chi connectivity index (χ2n) is 3.99. The van der Waals surface area contributed by atoms with E-state index in [1.165, 1.54) is 29.2 Å². The number of aromatic nitrogens is 2. The molecule has 0 fully saturated rings. The molecule has 0 bridgehead atoms. The molecule has 5 nitrogen and oxygen atoms in total. The first-order valence-electron chi connectivity index (χ1n) is 5.26. The standard InChI is InChI=1S/C11H11BrFN3O2S/c1-19(17,18)8-5-15-16(6-8)11-3-9(12)7(4-14)2-10(11)13/h2-3,5-6H,4,14H2,1H3. The molecule has 0 saturated heterocycles. The van der Waals surface area contributed by atoms with Crippen molar-refractivity contribution in [2.45, 2.75) is 11.4 Å². The molecular weight excluding hydrogens is 337 g/mol. The van der Waals surface area contributed by atoms with Crippen LogP contribution in [-0.2, 0) is 16.4 Å². The van der Waals surface area contributed by atoms with Gasteiger partial charge in [0.05, 0.1) is 6.20 Å². The van der Waals surface area contributed by atoms with Gasteiger partial charge in [-0.3, -0.25) is 0 Å². The maximum absolute atomic E-state index is 13.9. The van der Waals surface area contributed by atoms with Gasteiger partial charge in [-0.2, -0.15) is 5.10 Å². The molecule has 0 aliphatic carbocycles. The van der Waals surface area contributed by atoms with Crippen LogP contribution in [0.3, 0.4) is 0 Å². The predicted molar refractivity (Wildman–Crippen MR) is 72.2 cm³/mol. The Labute approximate surface area is 118 Å². The quantitative estimate of drug-likeness (QED) is 0.915. The van der Waals surface area contributed by atoms with Gasteiger partial charge in [0.15, 0.2) is 9.84 Å². The van der Waals surface area contributed by atoms with Crippen molar-refractivity contribution in [1.29, 1.82) is 0 Å². The van der Waals surface area contributed by atoms with Gasteiger partial charge in [-0.15, -0.1) is 0 Å². The Morgan fingerprint density at radius 3 is 2.68 bits per heavy atom. The third kappa shape index (κ3) is 2.85. The average Bonchev–Trinajstić information content (AvgIpc) is 2.80. The summed E-state index contributed by atoms with van der Waals surface area (Å²) in [7, 11) is -3.36. The Kier molecular flexibility index (Phi) is 3.75. The van der Waals surface area contributed by atoms with E-state index in [9.17, 15) is 12.8 Å². The van der Waals surface area contributed by atoms with E-state index >= 15 is 0 Å². The van der Waals surface area contributed by atoms with Gasteiger partial charge in [0.2, 0.25) is 0 Å². The monoisotopic (exact) mass is 347 g/mol. The van der Waals surface area contributed by atoms with Crippen LogP contribution in [-0.4, -0.2) is 24.5 Å². The smallest absolute Gasteiger partial charge is 0.178 e. The predicted octanol–water partition coefficient (Wildman–Crippen LogP) is 1.64. The normalized spacial score (nSPS) is 11.8. The van der Waals surface area contributed by atoms with Gasteiger partial charge >= 0.3 is 0 Å². The third-order valence-electron chi connectivity index (χ3n) is 2.57. The van der Waals surface area contributed by atoms with E-state index in [0.717, 1.165) is 6.26 Å². The number of nitrogens with zero attached hydrogens (tertiary/aromatic N) is 2. The highest BCUT2D eigenvalue weighted by atomic mass is 79.9. The van der Waals surface area contributed by atoms with Gasteiger partial charge < -0.3 is 5.73 Å². The molecule has 0 atom stereocenters. The number of hydrogen-bond donors (Lipinski definition) is 1. The molecule has 0 aliphatic rings. The lowest BCUT2D eigenvalue weighted by Crippen LogP contribution is -2.03. The number of rotatable bonds is 3. The van der Waals surface area contributed by atoms with Gasteiger partial charge in [-0.25, -0.2) is 17.5 Å². The fourth-order valence-corrected chi connectivity index (χ4v) is 2.56. The zero-order valence-corrected chi connectivity index (χ0v) is 12.4. The fraction of sp³-hybridized carbons (Fsp3) is 0.182. The highest BCUT2D eigenvalue weighted by molar-refractivity contribution is 9.10. The molecule has 0 aliphatic heterocycles. The summed E-state index contributed by atoms with van der Waals surface area (Å²) in [5, 5.41) is 3.86. The minimum absolute atomic E-state index is 0.0333. The first-order chi connectivity index (χ1) is 8.82. The van der Waals surface area contributed by atoms with Crippen LogP contribution >= 0.6 is 15.9 Å². The number of hydrogen-bond acceptors (Lipinski definition) is 4. The number of halogens is 2. The van der Waals surface area contributed by atoms with Crippen LogP contribution < -0.4 is 5.73 Å². The fourth-order valence-electron chi connectivity index (χ4n) is 1.54. The lowest BCUT2D eigenvalue weighted by Gasteiger charge is -2.07. The molecule has 102 valence electrons. The Bertz CT molecular complexity index is 728. The van der Waals surface area contributed by atoms with Gasteiger partial charge in [0, 0.05) is 23.5 Å². The van der Waals surface area contributed by atoms with Gasteiger partial charge in [0.25, 0.3) is 0 Å². The van der Waals surface area contributed by atoms with Gasteiger partial charge in [-0.1, -0.05) is 15.9 Å². The van der Waals surface area contributed by atoms with Crippen LogP contribution in [0.25, 0.3) is 5.69 Å². The third-order valence-corrected chi connectivity index (χ3v) is 4.37. The van der Waals surface area contributed by atoms with E-state index in [1.54, 1.807) is 0 Å².